The van der Waals surface area contributed by atoms with Crippen molar-refractivity contribution in [3.63, 3.8) is 0 Å². The summed E-state index contributed by atoms with van der Waals surface area (Å²) in [5, 5.41) is 0. The van der Waals surface area contributed by atoms with Crippen LogP contribution in [0.1, 0.15) is 46.5 Å². The average molecular weight is 267 g/mol. The molecule has 2 fully saturated rings. The largest absolute Gasteiger partial charge is 0.329 e. The molecule has 112 valence electrons. The second kappa shape index (κ2) is 6.55. The van der Waals surface area contributed by atoms with Crippen molar-refractivity contribution in [3.05, 3.63) is 0 Å². The van der Waals surface area contributed by atoms with Crippen LogP contribution in [0.4, 0.5) is 0 Å². The van der Waals surface area contributed by atoms with Crippen LogP contribution in [0.15, 0.2) is 0 Å². The van der Waals surface area contributed by atoms with Crippen LogP contribution in [-0.2, 0) is 0 Å². The van der Waals surface area contributed by atoms with E-state index in [9.17, 15) is 0 Å². The maximum absolute atomic E-state index is 6.30. The number of nitrogens with zero attached hydrogens (tertiary/aromatic N) is 2. The molecule has 2 heterocycles. The summed E-state index contributed by atoms with van der Waals surface area (Å²) in [7, 11) is 0. The van der Waals surface area contributed by atoms with Gasteiger partial charge in [-0.25, -0.2) is 0 Å². The van der Waals surface area contributed by atoms with Gasteiger partial charge < -0.3 is 10.6 Å². The highest BCUT2D eigenvalue weighted by molar-refractivity contribution is 5.05. The molecule has 0 saturated carbocycles. The van der Waals surface area contributed by atoms with Crippen LogP contribution in [0.3, 0.4) is 0 Å². The highest BCUT2D eigenvalue weighted by Gasteiger charge is 2.48. The Hall–Kier alpha value is -0.120. The summed E-state index contributed by atoms with van der Waals surface area (Å²) >= 11 is 0. The average Bonchev–Trinajstić information content (AvgIpc) is 2.86. The maximum atomic E-state index is 6.30. The molecule has 0 amide bonds. The minimum atomic E-state index is 0.296. The molecule has 3 heteroatoms. The fraction of sp³-hybridized carbons (Fsp3) is 1.00. The SMILES string of the molecule is CCC(CC)CN(CC)C1(CN)CCN2CCC1C2. The van der Waals surface area contributed by atoms with Gasteiger partial charge >= 0.3 is 0 Å². The van der Waals surface area contributed by atoms with Crippen molar-refractivity contribution < 1.29 is 0 Å². The Bertz CT molecular complexity index is 277. The summed E-state index contributed by atoms with van der Waals surface area (Å²) in [6, 6.07) is 0. The molecule has 0 aromatic rings. The minimum absolute atomic E-state index is 0.296. The number of hydrogen-bond acceptors (Lipinski definition) is 3. The molecule has 0 aliphatic carbocycles. The van der Waals surface area contributed by atoms with Gasteiger partial charge in [-0.2, -0.15) is 0 Å². The second-order valence-corrected chi connectivity index (χ2v) is 6.57. The third-order valence-electron chi connectivity index (χ3n) is 5.89. The molecule has 3 atom stereocenters. The van der Waals surface area contributed by atoms with Gasteiger partial charge in [0.05, 0.1) is 0 Å². The van der Waals surface area contributed by atoms with E-state index in [2.05, 4.69) is 30.6 Å². The number of hydrogen-bond donors (Lipinski definition) is 1. The molecule has 19 heavy (non-hydrogen) atoms. The Morgan fingerprint density at radius 3 is 2.58 bits per heavy atom. The Morgan fingerprint density at radius 1 is 1.26 bits per heavy atom. The quantitative estimate of drug-likeness (QED) is 0.767. The van der Waals surface area contributed by atoms with Gasteiger partial charge in [-0.15, -0.1) is 0 Å². The molecule has 3 nitrogen and oxygen atoms in total. The first-order valence-electron chi connectivity index (χ1n) is 8.37. The summed E-state index contributed by atoms with van der Waals surface area (Å²) in [5.74, 6) is 1.64. The van der Waals surface area contributed by atoms with Crippen LogP contribution in [0.5, 0.6) is 0 Å². The monoisotopic (exact) mass is 267 g/mol. The topological polar surface area (TPSA) is 32.5 Å². The van der Waals surface area contributed by atoms with Crippen LogP contribution in [-0.4, -0.2) is 54.6 Å². The molecule has 0 radical (unpaired) electrons. The Balaban J connectivity index is 2.12. The molecule has 2 saturated heterocycles. The van der Waals surface area contributed by atoms with E-state index in [0.717, 1.165) is 24.9 Å². The predicted molar refractivity (Wildman–Crippen MR) is 82.3 cm³/mol. The van der Waals surface area contributed by atoms with Crippen molar-refractivity contribution in [1.29, 1.82) is 0 Å². The molecule has 2 bridgehead atoms. The highest BCUT2D eigenvalue weighted by atomic mass is 15.3. The number of likely N-dealkylation sites (N-methyl/N-ethyl adjacent to an activating group) is 1. The van der Waals surface area contributed by atoms with Crippen LogP contribution in [0.2, 0.25) is 0 Å². The van der Waals surface area contributed by atoms with Crippen LogP contribution < -0.4 is 5.73 Å². The maximum Gasteiger partial charge on any atom is 0.0384 e. The number of fused-ring (bicyclic) bond motifs is 2. The first-order chi connectivity index (χ1) is 9.20. The Labute approximate surface area is 119 Å². The summed E-state index contributed by atoms with van der Waals surface area (Å²) in [6.07, 6.45) is 5.23. The van der Waals surface area contributed by atoms with Crippen molar-refractivity contribution in [2.24, 2.45) is 17.6 Å². The lowest BCUT2D eigenvalue weighted by Gasteiger charge is -2.51. The van der Waals surface area contributed by atoms with Gasteiger partial charge in [0, 0.05) is 25.2 Å². The zero-order valence-corrected chi connectivity index (χ0v) is 13.2. The molecule has 3 unspecified atom stereocenters. The van der Waals surface area contributed by atoms with Gasteiger partial charge in [0.2, 0.25) is 0 Å². The standard InChI is InChI=1S/C16H33N3/c1-4-14(5-2)11-19(6-3)16(13-17)8-10-18-9-7-15(16)12-18/h14-15H,4-13,17H2,1-3H3. The second-order valence-electron chi connectivity index (χ2n) is 6.57. The molecule has 2 N–H and O–H groups in total. The fourth-order valence-electron chi connectivity index (χ4n) is 4.33. The molecular formula is C16H33N3. The zero-order chi connectivity index (χ0) is 13.9. The minimum Gasteiger partial charge on any atom is -0.329 e. The van der Waals surface area contributed by atoms with E-state index < -0.39 is 0 Å². The van der Waals surface area contributed by atoms with Crippen LogP contribution in [0.25, 0.3) is 0 Å². The van der Waals surface area contributed by atoms with Crippen molar-refractivity contribution in [3.8, 4) is 0 Å². The predicted octanol–water partition coefficient (Wildman–Crippen LogP) is 2.17. The van der Waals surface area contributed by atoms with Crippen LogP contribution >= 0.6 is 0 Å². The Morgan fingerprint density at radius 2 is 2.00 bits per heavy atom. The van der Waals surface area contributed by atoms with Gasteiger partial charge in [0.15, 0.2) is 0 Å². The van der Waals surface area contributed by atoms with E-state index in [1.807, 2.05) is 0 Å². The number of rotatable bonds is 7. The molecule has 0 aromatic heterocycles. The van der Waals surface area contributed by atoms with E-state index >= 15 is 0 Å². The summed E-state index contributed by atoms with van der Waals surface area (Å²) in [6.45, 7) is 14.1. The lowest BCUT2D eigenvalue weighted by atomic mass is 9.76. The normalized spacial score (nSPS) is 34.4. The van der Waals surface area contributed by atoms with Gasteiger partial charge in [-0.3, -0.25) is 4.90 Å². The molecule has 0 aromatic carbocycles. The number of piperidine rings is 1. The third kappa shape index (κ3) is 2.84. The van der Waals surface area contributed by atoms with Gasteiger partial charge in [-0.05, 0) is 44.3 Å². The van der Waals surface area contributed by atoms with E-state index in [-0.39, 0.29) is 0 Å². The molecule has 2 aliphatic rings. The smallest absolute Gasteiger partial charge is 0.0384 e. The molecular weight excluding hydrogens is 234 g/mol. The molecule has 2 aliphatic heterocycles. The molecule has 2 rings (SSSR count). The Kier molecular flexibility index (Phi) is 5.27. The summed E-state index contributed by atoms with van der Waals surface area (Å²) in [4.78, 5) is 5.38. The first kappa shape index (κ1) is 15.3. The van der Waals surface area contributed by atoms with Gasteiger partial charge in [-0.1, -0.05) is 33.6 Å². The zero-order valence-electron chi connectivity index (χ0n) is 13.2. The lowest BCUT2D eigenvalue weighted by Crippen LogP contribution is -2.62. The van der Waals surface area contributed by atoms with Gasteiger partial charge in [0.1, 0.15) is 0 Å². The van der Waals surface area contributed by atoms with E-state index in [4.69, 9.17) is 5.73 Å². The number of nitrogens with two attached hydrogens (primary N) is 1. The fourth-order valence-corrected chi connectivity index (χ4v) is 4.33. The van der Waals surface area contributed by atoms with Crippen molar-refractivity contribution in [2.45, 2.75) is 52.0 Å². The highest BCUT2D eigenvalue weighted by Crippen LogP contribution is 2.39. The van der Waals surface area contributed by atoms with Crippen molar-refractivity contribution >= 4 is 0 Å². The first-order valence-corrected chi connectivity index (χ1v) is 8.37. The van der Waals surface area contributed by atoms with E-state index in [0.29, 0.717) is 5.54 Å². The molecule has 0 spiro atoms. The summed E-state index contributed by atoms with van der Waals surface area (Å²) in [5.41, 5.74) is 6.59. The van der Waals surface area contributed by atoms with Crippen LogP contribution in [0, 0.1) is 11.8 Å². The van der Waals surface area contributed by atoms with E-state index in [1.165, 1.54) is 51.9 Å². The van der Waals surface area contributed by atoms with E-state index in [1.54, 1.807) is 0 Å². The lowest BCUT2D eigenvalue weighted by molar-refractivity contribution is 0.000270. The summed E-state index contributed by atoms with van der Waals surface area (Å²) < 4.78 is 0. The third-order valence-corrected chi connectivity index (χ3v) is 5.89. The van der Waals surface area contributed by atoms with Crippen molar-refractivity contribution in [2.75, 3.05) is 39.3 Å². The van der Waals surface area contributed by atoms with Gasteiger partial charge in [0.25, 0.3) is 0 Å². The van der Waals surface area contributed by atoms with Crippen molar-refractivity contribution in [1.82, 2.24) is 9.80 Å².